The van der Waals surface area contributed by atoms with E-state index in [4.69, 9.17) is 16.3 Å². The molecule has 0 bridgehead atoms. The average Bonchev–Trinajstić information content (AvgIpc) is 2.29. The van der Waals surface area contributed by atoms with Crippen molar-refractivity contribution in [2.75, 3.05) is 25.2 Å². The van der Waals surface area contributed by atoms with Gasteiger partial charge in [0, 0.05) is 31.8 Å². The van der Waals surface area contributed by atoms with E-state index in [1.807, 2.05) is 12.3 Å². The first-order valence-corrected chi connectivity index (χ1v) is 5.98. The summed E-state index contributed by atoms with van der Waals surface area (Å²) in [5, 5.41) is 0. The highest BCUT2D eigenvalue weighted by atomic mass is 35.5. The SMILES string of the molecule is COCCN(c1cnccc1CCl)C(C)C. The van der Waals surface area contributed by atoms with Crippen molar-refractivity contribution < 1.29 is 4.74 Å². The number of anilines is 1. The molecule has 0 aliphatic heterocycles. The number of alkyl halides is 1. The maximum Gasteiger partial charge on any atom is 0.0637 e. The molecule has 1 aromatic heterocycles. The fourth-order valence-corrected chi connectivity index (χ4v) is 1.86. The lowest BCUT2D eigenvalue weighted by Crippen LogP contribution is -2.34. The molecule has 0 N–H and O–H groups in total. The van der Waals surface area contributed by atoms with Gasteiger partial charge in [-0.2, -0.15) is 0 Å². The average molecular weight is 243 g/mol. The molecule has 0 atom stereocenters. The van der Waals surface area contributed by atoms with Crippen LogP contribution in [0.5, 0.6) is 0 Å². The van der Waals surface area contributed by atoms with Gasteiger partial charge >= 0.3 is 0 Å². The molecule has 16 heavy (non-hydrogen) atoms. The van der Waals surface area contributed by atoms with E-state index in [0.29, 0.717) is 18.5 Å². The number of ether oxygens (including phenoxy) is 1. The fourth-order valence-electron chi connectivity index (χ4n) is 1.63. The van der Waals surface area contributed by atoms with E-state index in [2.05, 4.69) is 23.7 Å². The van der Waals surface area contributed by atoms with Crippen molar-refractivity contribution in [3.05, 3.63) is 24.0 Å². The van der Waals surface area contributed by atoms with Gasteiger partial charge in [-0.15, -0.1) is 11.6 Å². The molecule has 0 fully saturated rings. The van der Waals surface area contributed by atoms with Crippen LogP contribution in [0.15, 0.2) is 18.5 Å². The van der Waals surface area contributed by atoms with Crippen molar-refractivity contribution in [3.8, 4) is 0 Å². The van der Waals surface area contributed by atoms with Gasteiger partial charge in [0.2, 0.25) is 0 Å². The quantitative estimate of drug-likeness (QED) is 0.718. The van der Waals surface area contributed by atoms with E-state index in [9.17, 15) is 0 Å². The minimum atomic E-state index is 0.404. The first kappa shape index (κ1) is 13.3. The van der Waals surface area contributed by atoms with Crippen molar-refractivity contribution in [1.29, 1.82) is 0 Å². The zero-order valence-electron chi connectivity index (χ0n) is 10.1. The van der Waals surface area contributed by atoms with Gasteiger partial charge in [-0.05, 0) is 25.5 Å². The Morgan fingerprint density at radius 3 is 2.81 bits per heavy atom. The second kappa shape index (κ2) is 6.71. The van der Waals surface area contributed by atoms with Crippen molar-refractivity contribution in [1.82, 2.24) is 4.98 Å². The molecular weight excluding hydrogens is 224 g/mol. The van der Waals surface area contributed by atoms with Crippen LogP contribution in [0.1, 0.15) is 19.4 Å². The lowest BCUT2D eigenvalue weighted by Gasteiger charge is -2.30. The Morgan fingerprint density at radius 1 is 1.50 bits per heavy atom. The highest BCUT2D eigenvalue weighted by Gasteiger charge is 2.13. The molecule has 0 aliphatic rings. The van der Waals surface area contributed by atoms with Gasteiger partial charge in [0.15, 0.2) is 0 Å². The van der Waals surface area contributed by atoms with E-state index < -0.39 is 0 Å². The number of methoxy groups -OCH3 is 1. The fraction of sp³-hybridized carbons (Fsp3) is 0.583. The normalized spacial score (nSPS) is 10.8. The van der Waals surface area contributed by atoms with E-state index in [-0.39, 0.29) is 0 Å². The summed E-state index contributed by atoms with van der Waals surface area (Å²) in [6.45, 7) is 5.86. The Morgan fingerprint density at radius 2 is 2.25 bits per heavy atom. The highest BCUT2D eigenvalue weighted by Crippen LogP contribution is 2.22. The Kier molecular flexibility index (Phi) is 5.56. The minimum Gasteiger partial charge on any atom is -0.383 e. The maximum atomic E-state index is 5.93. The van der Waals surface area contributed by atoms with Crippen LogP contribution in [0.4, 0.5) is 5.69 Å². The van der Waals surface area contributed by atoms with Crippen LogP contribution in [-0.4, -0.2) is 31.3 Å². The second-order valence-corrected chi connectivity index (χ2v) is 4.19. The molecule has 3 nitrogen and oxygen atoms in total. The first-order chi connectivity index (χ1) is 7.70. The molecule has 0 aliphatic carbocycles. The van der Waals surface area contributed by atoms with Crippen molar-refractivity contribution in [2.45, 2.75) is 25.8 Å². The van der Waals surface area contributed by atoms with Crippen LogP contribution in [0, 0.1) is 0 Å². The van der Waals surface area contributed by atoms with Crippen molar-refractivity contribution in [2.24, 2.45) is 0 Å². The van der Waals surface area contributed by atoms with Gasteiger partial charge in [0.25, 0.3) is 0 Å². The molecular formula is C12H19ClN2O. The van der Waals surface area contributed by atoms with Gasteiger partial charge < -0.3 is 9.64 Å². The summed E-state index contributed by atoms with van der Waals surface area (Å²) in [5.41, 5.74) is 2.21. The molecule has 90 valence electrons. The largest absolute Gasteiger partial charge is 0.383 e. The van der Waals surface area contributed by atoms with Gasteiger partial charge in [-0.25, -0.2) is 0 Å². The molecule has 0 unspecified atom stereocenters. The topological polar surface area (TPSA) is 25.4 Å². The summed E-state index contributed by atoms with van der Waals surface area (Å²) in [6, 6.07) is 2.37. The van der Waals surface area contributed by atoms with Crippen LogP contribution in [0.3, 0.4) is 0 Å². The Labute approximate surface area is 102 Å². The molecule has 0 saturated heterocycles. The predicted molar refractivity (Wildman–Crippen MR) is 68.2 cm³/mol. The number of hydrogen-bond donors (Lipinski definition) is 0. The van der Waals surface area contributed by atoms with Crippen LogP contribution >= 0.6 is 11.6 Å². The van der Waals surface area contributed by atoms with Crippen LogP contribution in [0.2, 0.25) is 0 Å². The van der Waals surface area contributed by atoms with E-state index in [0.717, 1.165) is 17.8 Å². The molecule has 4 heteroatoms. The number of rotatable bonds is 6. The summed E-state index contributed by atoms with van der Waals surface area (Å²) in [7, 11) is 1.71. The van der Waals surface area contributed by atoms with Crippen LogP contribution in [-0.2, 0) is 10.6 Å². The zero-order chi connectivity index (χ0) is 12.0. The van der Waals surface area contributed by atoms with Gasteiger partial charge in [-0.3, -0.25) is 4.98 Å². The number of halogens is 1. The number of nitrogens with zero attached hydrogens (tertiary/aromatic N) is 2. The smallest absolute Gasteiger partial charge is 0.0637 e. The van der Waals surface area contributed by atoms with Crippen molar-refractivity contribution >= 4 is 17.3 Å². The third-order valence-electron chi connectivity index (χ3n) is 2.50. The zero-order valence-corrected chi connectivity index (χ0v) is 10.9. The van der Waals surface area contributed by atoms with E-state index in [1.165, 1.54) is 0 Å². The minimum absolute atomic E-state index is 0.404. The second-order valence-electron chi connectivity index (χ2n) is 3.92. The summed E-state index contributed by atoms with van der Waals surface area (Å²) in [5.74, 6) is 0.508. The summed E-state index contributed by atoms with van der Waals surface area (Å²) < 4.78 is 5.12. The lowest BCUT2D eigenvalue weighted by molar-refractivity contribution is 0.204. The molecule has 0 radical (unpaired) electrons. The molecule has 0 amide bonds. The van der Waals surface area contributed by atoms with Crippen LogP contribution < -0.4 is 4.90 Å². The molecule has 0 aromatic carbocycles. The summed E-state index contributed by atoms with van der Waals surface area (Å²) in [6.07, 6.45) is 3.64. The molecule has 0 saturated carbocycles. The Balaban J connectivity index is 2.91. The van der Waals surface area contributed by atoms with Gasteiger partial charge in [0.05, 0.1) is 18.5 Å². The molecule has 0 spiro atoms. The van der Waals surface area contributed by atoms with E-state index >= 15 is 0 Å². The molecule has 1 rings (SSSR count). The van der Waals surface area contributed by atoms with Gasteiger partial charge in [-0.1, -0.05) is 0 Å². The van der Waals surface area contributed by atoms with E-state index in [1.54, 1.807) is 13.3 Å². The summed E-state index contributed by atoms with van der Waals surface area (Å²) >= 11 is 5.93. The van der Waals surface area contributed by atoms with Crippen molar-refractivity contribution in [3.63, 3.8) is 0 Å². The maximum absolute atomic E-state index is 5.93. The third-order valence-corrected chi connectivity index (χ3v) is 2.79. The lowest BCUT2D eigenvalue weighted by atomic mass is 10.2. The first-order valence-electron chi connectivity index (χ1n) is 5.45. The Bertz CT molecular complexity index is 318. The monoisotopic (exact) mass is 242 g/mol. The highest BCUT2D eigenvalue weighted by molar-refractivity contribution is 6.17. The predicted octanol–water partition coefficient (Wildman–Crippen LogP) is 2.68. The standard InChI is InChI=1S/C12H19ClN2O/c1-10(2)15(6-7-16-3)12-9-14-5-4-11(12)8-13/h4-5,9-10H,6-8H2,1-3H3. The van der Waals surface area contributed by atoms with Gasteiger partial charge in [0.1, 0.15) is 0 Å². The summed E-state index contributed by atoms with van der Waals surface area (Å²) in [4.78, 5) is 6.42. The molecule has 1 aromatic rings. The molecule has 1 heterocycles. The third kappa shape index (κ3) is 3.35. The number of pyridine rings is 1. The number of hydrogen-bond acceptors (Lipinski definition) is 3. The van der Waals surface area contributed by atoms with Crippen LogP contribution in [0.25, 0.3) is 0 Å². The Hall–Kier alpha value is -0.800. The number of aromatic nitrogens is 1.